The summed E-state index contributed by atoms with van der Waals surface area (Å²) in [5.74, 6) is 6.93. The summed E-state index contributed by atoms with van der Waals surface area (Å²) in [5.41, 5.74) is 2.48. The molecule has 2 amide bonds. The Morgan fingerprint density at radius 3 is 2.64 bits per heavy atom. The first-order valence-corrected chi connectivity index (χ1v) is 7.86. The fourth-order valence-corrected chi connectivity index (χ4v) is 2.16. The van der Waals surface area contributed by atoms with Gasteiger partial charge >= 0.3 is 6.03 Å². The molecule has 0 bridgehead atoms. The number of aromatic amines is 1. The van der Waals surface area contributed by atoms with Crippen molar-refractivity contribution in [3.05, 3.63) is 77.9 Å². The summed E-state index contributed by atoms with van der Waals surface area (Å²) in [6.07, 6.45) is 2.04. The van der Waals surface area contributed by atoms with E-state index in [4.69, 9.17) is 0 Å². The van der Waals surface area contributed by atoms with Crippen molar-refractivity contribution in [1.29, 1.82) is 0 Å². The standard InChI is InChI=1S/C19H17N5O/c25-19(20-12-11-18-21-14-22-24-18)23-17-8-4-7-16(13-17)10-9-15-5-2-1-3-6-15/h1-8,13-14H,11-12H2,(H2,20,23,25)(H,21,22,24). The molecule has 124 valence electrons. The van der Waals surface area contributed by atoms with E-state index in [1.807, 2.05) is 54.6 Å². The fraction of sp³-hybridized carbons (Fsp3) is 0.105. The maximum Gasteiger partial charge on any atom is 0.319 e. The molecular weight excluding hydrogens is 314 g/mol. The topological polar surface area (TPSA) is 82.7 Å². The summed E-state index contributed by atoms with van der Waals surface area (Å²) in [6.45, 7) is 0.467. The van der Waals surface area contributed by atoms with Crippen molar-refractivity contribution in [1.82, 2.24) is 20.5 Å². The molecule has 3 N–H and O–H groups in total. The lowest BCUT2D eigenvalue weighted by Gasteiger charge is -2.07. The lowest BCUT2D eigenvalue weighted by Crippen LogP contribution is -2.30. The quantitative estimate of drug-likeness (QED) is 0.643. The van der Waals surface area contributed by atoms with Crippen molar-refractivity contribution >= 4 is 11.7 Å². The van der Waals surface area contributed by atoms with Crippen LogP contribution in [0.1, 0.15) is 17.0 Å². The van der Waals surface area contributed by atoms with Crippen LogP contribution in [-0.4, -0.2) is 27.8 Å². The van der Waals surface area contributed by atoms with Gasteiger partial charge in [-0.15, -0.1) is 0 Å². The van der Waals surface area contributed by atoms with Gasteiger partial charge in [0.2, 0.25) is 0 Å². The first-order chi connectivity index (χ1) is 12.3. The Kier molecular flexibility index (Phi) is 5.41. The van der Waals surface area contributed by atoms with Crippen LogP contribution in [0.3, 0.4) is 0 Å². The van der Waals surface area contributed by atoms with E-state index in [0.717, 1.165) is 17.0 Å². The third kappa shape index (κ3) is 5.22. The monoisotopic (exact) mass is 331 g/mol. The number of anilines is 1. The van der Waals surface area contributed by atoms with E-state index >= 15 is 0 Å². The molecule has 0 aliphatic carbocycles. The van der Waals surface area contributed by atoms with Crippen LogP contribution in [0.2, 0.25) is 0 Å². The van der Waals surface area contributed by atoms with Crippen LogP contribution in [0.15, 0.2) is 60.9 Å². The average Bonchev–Trinajstić information content (AvgIpc) is 3.15. The Balaban J connectivity index is 1.54. The molecule has 0 saturated carbocycles. The number of H-pyrrole nitrogens is 1. The van der Waals surface area contributed by atoms with Crippen LogP contribution < -0.4 is 10.6 Å². The molecule has 0 radical (unpaired) electrons. The van der Waals surface area contributed by atoms with Crippen molar-refractivity contribution in [3.63, 3.8) is 0 Å². The zero-order valence-electron chi connectivity index (χ0n) is 13.5. The smallest absolute Gasteiger partial charge is 0.319 e. The Hall–Kier alpha value is -3.59. The van der Waals surface area contributed by atoms with Crippen LogP contribution in [0.25, 0.3) is 0 Å². The zero-order chi connectivity index (χ0) is 17.3. The van der Waals surface area contributed by atoms with Crippen molar-refractivity contribution in [2.24, 2.45) is 0 Å². The van der Waals surface area contributed by atoms with Gasteiger partial charge in [0, 0.05) is 29.8 Å². The van der Waals surface area contributed by atoms with Gasteiger partial charge in [-0.3, -0.25) is 5.10 Å². The number of hydrogen-bond acceptors (Lipinski definition) is 3. The molecule has 0 aliphatic heterocycles. The minimum Gasteiger partial charge on any atom is -0.337 e. The molecule has 1 aromatic heterocycles. The number of amides is 2. The Labute approximate surface area is 145 Å². The predicted octanol–water partition coefficient (Wildman–Crippen LogP) is 2.57. The van der Waals surface area contributed by atoms with E-state index in [2.05, 4.69) is 37.7 Å². The van der Waals surface area contributed by atoms with Crippen LogP contribution in [0, 0.1) is 11.8 Å². The second kappa shape index (κ2) is 8.31. The van der Waals surface area contributed by atoms with E-state index in [1.54, 1.807) is 0 Å². The van der Waals surface area contributed by atoms with Gasteiger partial charge in [-0.25, -0.2) is 9.78 Å². The summed E-state index contributed by atoms with van der Waals surface area (Å²) >= 11 is 0. The first kappa shape index (κ1) is 16.3. The number of carbonyl (C=O) groups excluding carboxylic acids is 1. The van der Waals surface area contributed by atoms with E-state index < -0.39 is 0 Å². The number of nitrogens with zero attached hydrogens (tertiary/aromatic N) is 2. The molecule has 25 heavy (non-hydrogen) atoms. The summed E-state index contributed by atoms with van der Waals surface area (Å²) in [7, 11) is 0. The molecule has 0 fully saturated rings. The minimum atomic E-state index is -0.271. The minimum absolute atomic E-state index is 0.271. The second-order valence-corrected chi connectivity index (χ2v) is 5.26. The summed E-state index contributed by atoms with van der Waals surface area (Å²) in [5, 5.41) is 12.1. The average molecular weight is 331 g/mol. The van der Waals surface area contributed by atoms with Crippen molar-refractivity contribution in [2.75, 3.05) is 11.9 Å². The lowest BCUT2D eigenvalue weighted by molar-refractivity contribution is 0.252. The fourth-order valence-electron chi connectivity index (χ4n) is 2.16. The van der Waals surface area contributed by atoms with Gasteiger partial charge in [-0.05, 0) is 30.3 Å². The van der Waals surface area contributed by atoms with Crippen molar-refractivity contribution < 1.29 is 4.79 Å². The van der Waals surface area contributed by atoms with Crippen molar-refractivity contribution in [3.8, 4) is 11.8 Å². The van der Waals surface area contributed by atoms with Gasteiger partial charge in [0.05, 0.1) is 0 Å². The zero-order valence-corrected chi connectivity index (χ0v) is 13.5. The maximum atomic E-state index is 11.9. The van der Waals surface area contributed by atoms with Crippen LogP contribution in [-0.2, 0) is 6.42 Å². The van der Waals surface area contributed by atoms with Crippen molar-refractivity contribution in [2.45, 2.75) is 6.42 Å². The number of aromatic nitrogens is 3. The molecule has 6 nitrogen and oxygen atoms in total. The van der Waals surface area contributed by atoms with Crippen LogP contribution in [0.4, 0.5) is 10.5 Å². The van der Waals surface area contributed by atoms with Crippen LogP contribution in [0.5, 0.6) is 0 Å². The highest BCUT2D eigenvalue weighted by atomic mass is 16.2. The SMILES string of the molecule is O=C(NCCc1ncn[nH]1)Nc1cccc(C#Cc2ccccc2)c1. The normalized spacial score (nSPS) is 9.76. The molecule has 3 rings (SSSR count). The molecular formula is C19H17N5O. The summed E-state index contributed by atoms with van der Waals surface area (Å²) in [6, 6.07) is 16.9. The number of rotatable bonds is 4. The third-order valence-electron chi connectivity index (χ3n) is 3.36. The highest BCUT2D eigenvalue weighted by Crippen LogP contribution is 2.10. The molecule has 0 spiro atoms. The molecule has 6 heteroatoms. The maximum absolute atomic E-state index is 11.9. The van der Waals surface area contributed by atoms with E-state index in [1.165, 1.54) is 6.33 Å². The molecule has 2 aromatic carbocycles. The van der Waals surface area contributed by atoms with Gasteiger partial charge in [0.1, 0.15) is 12.2 Å². The Morgan fingerprint density at radius 2 is 1.84 bits per heavy atom. The number of hydrogen-bond donors (Lipinski definition) is 3. The van der Waals surface area contributed by atoms with Gasteiger partial charge in [-0.2, -0.15) is 5.10 Å². The highest BCUT2D eigenvalue weighted by Gasteiger charge is 2.02. The van der Waals surface area contributed by atoms with Gasteiger partial charge in [0.25, 0.3) is 0 Å². The highest BCUT2D eigenvalue weighted by molar-refractivity contribution is 5.89. The second-order valence-electron chi connectivity index (χ2n) is 5.26. The first-order valence-electron chi connectivity index (χ1n) is 7.86. The number of nitrogens with one attached hydrogen (secondary N) is 3. The van der Waals surface area contributed by atoms with E-state index in [9.17, 15) is 4.79 Å². The molecule has 0 unspecified atom stereocenters. The van der Waals surface area contributed by atoms with Gasteiger partial charge < -0.3 is 10.6 Å². The number of urea groups is 1. The molecule has 0 atom stereocenters. The molecule has 3 aromatic rings. The van der Waals surface area contributed by atoms with Gasteiger partial charge in [-0.1, -0.05) is 36.1 Å². The van der Waals surface area contributed by atoms with Gasteiger partial charge in [0.15, 0.2) is 0 Å². The summed E-state index contributed by atoms with van der Waals surface area (Å²) < 4.78 is 0. The lowest BCUT2D eigenvalue weighted by atomic mass is 10.1. The van der Waals surface area contributed by atoms with Crippen LogP contribution >= 0.6 is 0 Å². The number of carbonyl (C=O) groups is 1. The molecule has 0 saturated heterocycles. The van der Waals surface area contributed by atoms with E-state index in [-0.39, 0.29) is 6.03 Å². The predicted molar refractivity (Wildman–Crippen MR) is 96.0 cm³/mol. The van der Waals surface area contributed by atoms with E-state index in [0.29, 0.717) is 18.7 Å². The molecule has 0 aliphatic rings. The summed E-state index contributed by atoms with van der Waals surface area (Å²) in [4.78, 5) is 15.9. The largest absolute Gasteiger partial charge is 0.337 e. The Morgan fingerprint density at radius 1 is 1.04 bits per heavy atom. The Bertz CT molecular complexity index is 879. The molecule has 1 heterocycles. The third-order valence-corrected chi connectivity index (χ3v) is 3.36. The number of benzene rings is 2.